The van der Waals surface area contributed by atoms with Crippen LogP contribution in [0.25, 0.3) is 11.3 Å². The van der Waals surface area contributed by atoms with Gasteiger partial charge in [-0.2, -0.15) is 0 Å². The zero-order chi connectivity index (χ0) is 19.9. The SMILES string of the molecule is Cc1ccc(-c2cc(CN3CCc4nc(S(C)(=O)=O)[nH]c(=O)c4C3)no2)cc1. The summed E-state index contributed by atoms with van der Waals surface area (Å²) in [5, 5.41) is 3.86. The highest BCUT2D eigenvalue weighted by atomic mass is 32.2. The molecule has 0 fully saturated rings. The summed E-state index contributed by atoms with van der Waals surface area (Å²) in [7, 11) is -3.55. The van der Waals surface area contributed by atoms with Gasteiger partial charge in [-0.25, -0.2) is 13.4 Å². The maximum absolute atomic E-state index is 12.3. The van der Waals surface area contributed by atoms with Gasteiger partial charge in [-0.1, -0.05) is 35.0 Å². The van der Waals surface area contributed by atoms with Gasteiger partial charge < -0.3 is 4.52 Å². The molecule has 1 aliphatic rings. The first kappa shape index (κ1) is 18.6. The molecule has 0 saturated carbocycles. The van der Waals surface area contributed by atoms with Crippen LogP contribution in [0.1, 0.15) is 22.5 Å². The molecule has 3 aromatic rings. The van der Waals surface area contributed by atoms with Crippen molar-refractivity contribution in [3.8, 4) is 11.3 Å². The van der Waals surface area contributed by atoms with Crippen molar-refractivity contribution in [3.63, 3.8) is 0 Å². The van der Waals surface area contributed by atoms with Gasteiger partial charge >= 0.3 is 0 Å². The molecule has 0 saturated heterocycles. The lowest BCUT2D eigenvalue weighted by Gasteiger charge is -2.26. The van der Waals surface area contributed by atoms with Gasteiger partial charge in [0.05, 0.1) is 17.0 Å². The molecule has 4 rings (SSSR count). The van der Waals surface area contributed by atoms with E-state index in [0.717, 1.165) is 17.5 Å². The summed E-state index contributed by atoms with van der Waals surface area (Å²) in [5.74, 6) is 0.699. The van der Waals surface area contributed by atoms with E-state index in [-0.39, 0.29) is 5.16 Å². The average molecular weight is 400 g/mol. The van der Waals surface area contributed by atoms with Crippen LogP contribution in [0.5, 0.6) is 0 Å². The van der Waals surface area contributed by atoms with E-state index in [1.54, 1.807) is 0 Å². The van der Waals surface area contributed by atoms with E-state index in [0.29, 0.717) is 43.1 Å². The molecular weight excluding hydrogens is 380 g/mol. The minimum atomic E-state index is -3.55. The van der Waals surface area contributed by atoms with Crippen molar-refractivity contribution in [2.45, 2.75) is 31.6 Å². The molecule has 9 heteroatoms. The Hall–Kier alpha value is -2.78. The quantitative estimate of drug-likeness (QED) is 0.664. The molecule has 1 aromatic carbocycles. The molecule has 0 bridgehead atoms. The number of aryl methyl sites for hydroxylation is 1. The molecular formula is C19H20N4O4S. The van der Waals surface area contributed by atoms with Crippen molar-refractivity contribution in [2.75, 3.05) is 12.8 Å². The van der Waals surface area contributed by atoms with Crippen LogP contribution in [0.4, 0.5) is 0 Å². The summed E-state index contributed by atoms with van der Waals surface area (Å²) in [4.78, 5) is 20.9. The highest BCUT2D eigenvalue weighted by molar-refractivity contribution is 7.90. The van der Waals surface area contributed by atoms with E-state index in [9.17, 15) is 13.2 Å². The van der Waals surface area contributed by atoms with E-state index in [1.165, 1.54) is 5.56 Å². The van der Waals surface area contributed by atoms with Crippen LogP contribution < -0.4 is 5.56 Å². The zero-order valence-corrected chi connectivity index (χ0v) is 16.4. The number of H-pyrrole nitrogens is 1. The normalized spacial score (nSPS) is 14.8. The molecule has 0 radical (unpaired) electrons. The fourth-order valence-corrected chi connectivity index (χ4v) is 3.79. The lowest BCUT2D eigenvalue weighted by Crippen LogP contribution is -2.36. The molecule has 8 nitrogen and oxygen atoms in total. The van der Waals surface area contributed by atoms with Gasteiger partial charge in [-0.05, 0) is 6.92 Å². The molecule has 0 unspecified atom stereocenters. The van der Waals surface area contributed by atoms with E-state index in [1.807, 2.05) is 37.3 Å². The minimum Gasteiger partial charge on any atom is -0.356 e. The molecule has 0 atom stereocenters. The molecule has 28 heavy (non-hydrogen) atoms. The lowest BCUT2D eigenvalue weighted by atomic mass is 10.1. The highest BCUT2D eigenvalue weighted by Gasteiger charge is 2.24. The van der Waals surface area contributed by atoms with Gasteiger partial charge in [-0.3, -0.25) is 14.7 Å². The number of nitrogens with zero attached hydrogens (tertiary/aromatic N) is 3. The predicted molar refractivity (Wildman–Crippen MR) is 102 cm³/mol. The van der Waals surface area contributed by atoms with Crippen LogP contribution in [0.3, 0.4) is 0 Å². The maximum atomic E-state index is 12.3. The zero-order valence-electron chi connectivity index (χ0n) is 15.6. The third kappa shape index (κ3) is 3.76. The summed E-state index contributed by atoms with van der Waals surface area (Å²) >= 11 is 0. The molecule has 3 heterocycles. The predicted octanol–water partition coefficient (Wildman–Crippen LogP) is 1.70. The Labute approximate surface area is 162 Å². The fourth-order valence-electron chi connectivity index (χ4n) is 3.24. The Morgan fingerprint density at radius 1 is 1.25 bits per heavy atom. The minimum absolute atomic E-state index is 0.274. The largest absolute Gasteiger partial charge is 0.356 e. The van der Waals surface area contributed by atoms with E-state index in [2.05, 4.69) is 20.0 Å². The van der Waals surface area contributed by atoms with Gasteiger partial charge in [-0.15, -0.1) is 0 Å². The Balaban J connectivity index is 1.51. The first-order chi connectivity index (χ1) is 13.3. The van der Waals surface area contributed by atoms with Gasteiger partial charge in [0.25, 0.3) is 5.56 Å². The van der Waals surface area contributed by atoms with Gasteiger partial charge in [0.1, 0.15) is 0 Å². The van der Waals surface area contributed by atoms with E-state index >= 15 is 0 Å². The van der Waals surface area contributed by atoms with Gasteiger partial charge in [0.15, 0.2) is 5.76 Å². The van der Waals surface area contributed by atoms with E-state index in [4.69, 9.17) is 4.52 Å². The average Bonchev–Trinajstić information content (AvgIpc) is 3.10. The Bertz CT molecular complexity index is 1180. The molecule has 146 valence electrons. The Morgan fingerprint density at radius 2 is 2.00 bits per heavy atom. The van der Waals surface area contributed by atoms with Crippen LogP contribution in [0, 0.1) is 6.92 Å². The standard InChI is InChI=1S/C19H20N4O4S/c1-12-3-5-13(6-4-12)17-9-14(22-27-17)10-23-8-7-16-15(11-23)18(24)21-19(20-16)28(2,25)26/h3-6,9H,7-8,10-11H2,1-2H3,(H,20,21,24). The van der Waals surface area contributed by atoms with Crippen LogP contribution in [0.2, 0.25) is 0 Å². The lowest BCUT2D eigenvalue weighted by molar-refractivity contribution is 0.233. The van der Waals surface area contributed by atoms with Crippen molar-refractivity contribution < 1.29 is 12.9 Å². The molecule has 0 spiro atoms. The monoisotopic (exact) mass is 400 g/mol. The molecule has 1 aliphatic heterocycles. The van der Waals surface area contributed by atoms with E-state index < -0.39 is 15.4 Å². The van der Waals surface area contributed by atoms with Crippen LogP contribution in [-0.4, -0.2) is 41.2 Å². The summed E-state index contributed by atoms with van der Waals surface area (Å²) in [6.07, 6.45) is 1.54. The first-order valence-electron chi connectivity index (χ1n) is 8.87. The van der Waals surface area contributed by atoms with Crippen molar-refractivity contribution in [2.24, 2.45) is 0 Å². The number of aromatic nitrogens is 3. The van der Waals surface area contributed by atoms with Gasteiger partial charge in [0, 0.05) is 43.9 Å². The van der Waals surface area contributed by atoms with Crippen molar-refractivity contribution in [3.05, 3.63) is 63.2 Å². The number of rotatable bonds is 4. The number of aromatic amines is 1. The van der Waals surface area contributed by atoms with Crippen molar-refractivity contribution >= 4 is 9.84 Å². The third-order valence-electron chi connectivity index (χ3n) is 4.76. The third-order valence-corrected chi connectivity index (χ3v) is 5.65. The second kappa shape index (κ2) is 6.99. The van der Waals surface area contributed by atoms with Gasteiger partial charge in [0.2, 0.25) is 15.0 Å². The van der Waals surface area contributed by atoms with Crippen LogP contribution in [-0.2, 0) is 29.3 Å². The molecule has 2 aromatic heterocycles. The second-order valence-corrected chi connectivity index (χ2v) is 9.01. The number of sulfone groups is 1. The van der Waals surface area contributed by atoms with Crippen LogP contribution in [0.15, 0.2) is 44.8 Å². The molecule has 0 amide bonds. The molecule has 1 N–H and O–H groups in total. The summed E-state index contributed by atoms with van der Waals surface area (Å²) in [5.41, 5.74) is 3.55. The maximum Gasteiger partial charge on any atom is 0.256 e. The first-order valence-corrected chi connectivity index (χ1v) is 10.8. The number of fused-ring (bicyclic) bond motifs is 1. The number of hydrogen-bond acceptors (Lipinski definition) is 7. The summed E-state index contributed by atoms with van der Waals surface area (Å²) < 4.78 is 28.8. The molecule has 0 aliphatic carbocycles. The smallest absolute Gasteiger partial charge is 0.256 e. The Kier molecular flexibility index (Phi) is 4.64. The van der Waals surface area contributed by atoms with Crippen molar-refractivity contribution in [1.82, 2.24) is 20.0 Å². The summed E-state index contributed by atoms with van der Waals surface area (Å²) in [6, 6.07) is 9.91. The fraction of sp³-hybridized carbons (Fsp3) is 0.316. The number of benzene rings is 1. The second-order valence-electron chi connectivity index (χ2n) is 7.08. The van der Waals surface area contributed by atoms with Crippen LogP contribution >= 0.6 is 0 Å². The number of hydrogen-bond donors (Lipinski definition) is 1. The number of nitrogens with one attached hydrogen (secondary N) is 1. The Morgan fingerprint density at radius 3 is 2.71 bits per heavy atom. The highest BCUT2D eigenvalue weighted by Crippen LogP contribution is 2.23. The summed E-state index contributed by atoms with van der Waals surface area (Å²) in [6.45, 7) is 3.59. The van der Waals surface area contributed by atoms with Crippen molar-refractivity contribution in [1.29, 1.82) is 0 Å². The topological polar surface area (TPSA) is 109 Å².